The number of methoxy groups -OCH3 is 3. The molecule has 0 saturated heterocycles. The molecular formula is C20H23NO4. The molecule has 1 N–H and O–H groups in total. The van der Waals surface area contributed by atoms with Crippen LogP contribution in [0.1, 0.15) is 24.8 Å². The van der Waals surface area contributed by atoms with Crippen molar-refractivity contribution in [2.45, 2.75) is 24.7 Å². The Balaban J connectivity index is 1.90. The van der Waals surface area contributed by atoms with E-state index in [1.165, 1.54) is 0 Å². The van der Waals surface area contributed by atoms with Crippen molar-refractivity contribution in [1.29, 1.82) is 0 Å². The lowest BCUT2D eigenvalue weighted by molar-refractivity contribution is -0.124. The summed E-state index contributed by atoms with van der Waals surface area (Å²) in [5, 5.41) is 3.03. The lowest BCUT2D eigenvalue weighted by Gasteiger charge is -2.40. The zero-order chi connectivity index (χ0) is 17.9. The Kier molecular flexibility index (Phi) is 4.83. The van der Waals surface area contributed by atoms with Gasteiger partial charge in [0.05, 0.1) is 26.7 Å². The predicted molar refractivity (Wildman–Crippen MR) is 96.7 cm³/mol. The topological polar surface area (TPSA) is 56.8 Å². The van der Waals surface area contributed by atoms with E-state index in [9.17, 15) is 4.79 Å². The fraction of sp³-hybridized carbons (Fsp3) is 0.350. The Bertz CT molecular complexity index is 729. The first-order chi connectivity index (χ1) is 12.1. The fourth-order valence-electron chi connectivity index (χ4n) is 3.34. The van der Waals surface area contributed by atoms with Crippen molar-refractivity contribution in [1.82, 2.24) is 0 Å². The number of hydrogen-bond donors (Lipinski definition) is 1. The number of ether oxygens (including phenoxy) is 3. The van der Waals surface area contributed by atoms with Crippen LogP contribution in [0.5, 0.6) is 17.2 Å². The number of hydrogen-bond acceptors (Lipinski definition) is 4. The number of carbonyl (C=O) groups excluding carboxylic acids is 1. The van der Waals surface area contributed by atoms with E-state index >= 15 is 0 Å². The predicted octanol–water partition coefficient (Wildman–Crippen LogP) is 3.77. The van der Waals surface area contributed by atoms with E-state index in [1.54, 1.807) is 33.5 Å². The van der Waals surface area contributed by atoms with Crippen molar-refractivity contribution in [2.75, 3.05) is 26.6 Å². The molecule has 1 saturated carbocycles. The van der Waals surface area contributed by atoms with E-state index in [0.717, 1.165) is 24.8 Å². The van der Waals surface area contributed by atoms with Crippen molar-refractivity contribution in [3.63, 3.8) is 0 Å². The summed E-state index contributed by atoms with van der Waals surface area (Å²) in [4.78, 5) is 13.0. The Labute approximate surface area is 147 Å². The zero-order valence-corrected chi connectivity index (χ0v) is 14.8. The highest BCUT2D eigenvalue weighted by molar-refractivity contribution is 6.00. The monoisotopic (exact) mass is 341 g/mol. The molecule has 1 aliphatic carbocycles. The van der Waals surface area contributed by atoms with Crippen LogP contribution in [0.15, 0.2) is 42.5 Å². The van der Waals surface area contributed by atoms with Crippen LogP contribution in [-0.2, 0) is 10.2 Å². The zero-order valence-electron chi connectivity index (χ0n) is 14.8. The maximum Gasteiger partial charge on any atom is 0.235 e. The van der Waals surface area contributed by atoms with Crippen LogP contribution in [-0.4, -0.2) is 27.2 Å². The van der Waals surface area contributed by atoms with Crippen LogP contribution < -0.4 is 19.5 Å². The average Bonchev–Trinajstić information content (AvgIpc) is 2.60. The Hall–Kier alpha value is -2.69. The molecule has 0 aliphatic heterocycles. The Morgan fingerprint density at radius 2 is 1.56 bits per heavy atom. The van der Waals surface area contributed by atoms with E-state index < -0.39 is 5.41 Å². The van der Waals surface area contributed by atoms with Crippen LogP contribution in [0.4, 0.5) is 5.69 Å². The van der Waals surface area contributed by atoms with Gasteiger partial charge in [0, 0.05) is 17.8 Å². The third kappa shape index (κ3) is 3.02. The number of nitrogens with one attached hydrogen (secondary N) is 1. The lowest BCUT2D eigenvalue weighted by Crippen LogP contribution is -2.45. The molecule has 132 valence electrons. The summed E-state index contributed by atoms with van der Waals surface area (Å²) >= 11 is 0. The Morgan fingerprint density at radius 3 is 2.00 bits per heavy atom. The van der Waals surface area contributed by atoms with E-state index in [1.807, 2.05) is 30.3 Å². The maximum atomic E-state index is 13.0. The summed E-state index contributed by atoms with van der Waals surface area (Å²) in [6, 6.07) is 13.5. The molecular weight excluding hydrogens is 318 g/mol. The van der Waals surface area contributed by atoms with Gasteiger partial charge in [-0.3, -0.25) is 4.79 Å². The van der Waals surface area contributed by atoms with Crippen LogP contribution in [0.25, 0.3) is 0 Å². The van der Waals surface area contributed by atoms with Crippen molar-refractivity contribution < 1.29 is 19.0 Å². The van der Waals surface area contributed by atoms with Gasteiger partial charge in [0.2, 0.25) is 11.7 Å². The van der Waals surface area contributed by atoms with Gasteiger partial charge in [0.15, 0.2) is 11.5 Å². The molecule has 0 radical (unpaired) electrons. The van der Waals surface area contributed by atoms with E-state index in [4.69, 9.17) is 14.2 Å². The second-order valence-electron chi connectivity index (χ2n) is 6.17. The molecule has 0 unspecified atom stereocenters. The Morgan fingerprint density at radius 1 is 0.960 bits per heavy atom. The van der Waals surface area contributed by atoms with Gasteiger partial charge in [-0.05, 0) is 18.4 Å². The van der Waals surface area contributed by atoms with Gasteiger partial charge in [0.25, 0.3) is 0 Å². The summed E-state index contributed by atoms with van der Waals surface area (Å²) in [6.45, 7) is 0. The molecule has 3 rings (SSSR count). The van der Waals surface area contributed by atoms with E-state index in [0.29, 0.717) is 22.9 Å². The molecule has 0 aromatic heterocycles. The fourth-order valence-corrected chi connectivity index (χ4v) is 3.34. The lowest BCUT2D eigenvalue weighted by atomic mass is 9.64. The molecule has 1 aliphatic rings. The van der Waals surface area contributed by atoms with Gasteiger partial charge in [0.1, 0.15) is 0 Å². The molecule has 25 heavy (non-hydrogen) atoms. The van der Waals surface area contributed by atoms with Gasteiger partial charge in [-0.25, -0.2) is 0 Å². The summed E-state index contributed by atoms with van der Waals surface area (Å²) < 4.78 is 16.0. The molecule has 2 aromatic rings. The minimum Gasteiger partial charge on any atom is -0.493 e. The summed E-state index contributed by atoms with van der Waals surface area (Å²) in [5.41, 5.74) is 1.23. The first-order valence-electron chi connectivity index (χ1n) is 8.31. The molecule has 0 bridgehead atoms. The van der Waals surface area contributed by atoms with E-state index in [2.05, 4.69) is 5.32 Å². The highest BCUT2D eigenvalue weighted by atomic mass is 16.5. The molecule has 2 aromatic carbocycles. The van der Waals surface area contributed by atoms with Crippen molar-refractivity contribution in [3.05, 3.63) is 48.0 Å². The van der Waals surface area contributed by atoms with E-state index in [-0.39, 0.29) is 5.91 Å². The number of amides is 1. The minimum atomic E-state index is -0.457. The smallest absolute Gasteiger partial charge is 0.235 e. The maximum absolute atomic E-state index is 13.0. The highest BCUT2D eigenvalue weighted by Crippen LogP contribution is 2.45. The van der Waals surface area contributed by atoms with Crippen molar-refractivity contribution >= 4 is 11.6 Å². The van der Waals surface area contributed by atoms with Gasteiger partial charge in [-0.2, -0.15) is 0 Å². The molecule has 0 spiro atoms. The molecule has 0 heterocycles. The number of rotatable bonds is 6. The standard InChI is InChI=1S/C20H23NO4/c1-23-16-12-15(13-17(24-2)18(16)25-3)21-19(22)20(10-7-11-20)14-8-5-4-6-9-14/h4-6,8-9,12-13H,7,10-11H2,1-3H3,(H,21,22). The quantitative estimate of drug-likeness (QED) is 0.869. The average molecular weight is 341 g/mol. The molecule has 5 nitrogen and oxygen atoms in total. The minimum absolute atomic E-state index is 0.000719. The summed E-state index contributed by atoms with van der Waals surface area (Å²) in [6.07, 6.45) is 2.76. The number of benzene rings is 2. The second kappa shape index (κ2) is 7.05. The van der Waals surface area contributed by atoms with Crippen LogP contribution >= 0.6 is 0 Å². The molecule has 1 fully saturated rings. The normalized spacial score (nSPS) is 15.0. The van der Waals surface area contributed by atoms with Crippen molar-refractivity contribution in [3.8, 4) is 17.2 Å². The second-order valence-corrected chi connectivity index (χ2v) is 6.17. The summed E-state index contributed by atoms with van der Waals surface area (Å²) in [5.74, 6) is 1.53. The number of carbonyl (C=O) groups is 1. The van der Waals surface area contributed by atoms with Crippen LogP contribution in [0.2, 0.25) is 0 Å². The molecule has 0 atom stereocenters. The largest absolute Gasteiger partial charge is 0.493 e. The van der Waals surface area contributed by atoms with Crippen LogP contribution in [0.3, 0.4) is 0 Å². The third-order valence-corrected chi connectivity index (χ3v) is 4.89. The van der Waals surface area contributed by atoms with Crippen LogP contribution in [0, 0.1) is 0 Å². The van der Waals surface area contributed by atoms with Gasteiger partial charge >= 0.3 is 0 Å². The van der Waals surface area contributed by atoms with Gasteiger partial charge in [-0.1, -0.05) is 36.8 Å². The molecule has 1 amide bonds. The first-order valence-corrected chi connectivity index (χ1v) is 8.31. The third-order valence-electron chi connectivity index (χ3n) is 4.89. The van der Waals surface area contributed by atoms with Crippen molar-refractivity contribution in [2.24, 2.45) is 0 Å². The van der Waals surface area contributed by atoms with Gasteiger partial charge < -0.3 is 19.5 Å². The van der Waals surface area contributed by atoms with Gasteiger partial charge in [-0.15, -0.1) is 0 Å². The first kappa shape index (κ1) is 17.1. The SMILES string of the molecule is COc1cc(NC(=O)C2(c3ccccc3)CCC2)cc(OC)c1OC. The molecule has 5 heteroatoms. The highest BCUT2D eigenvalue weighted by Gasteiger charge is 2.45. The number of anilines is 1. The summed E-state index contributed by atoms with van der Waals surface area (Å²) in [7, 11) is 4.66.